The molecular formula is C15H30N2. The van der Waals surface area contributed by atoms with E-state index < -0.39 is 0 Å². The van der Waals surface area contributed by atoms with Crippen molar-refractivity contribution in [1.82, 2.24) is 10.2 Å². The first kappa shape index (κ1) is 13.4. The van der Waals surface area contributed by atoms with Crippen LogP contribution in [-0.2, 0) is 0 Å². The topological polar surface area (TPSA) is 15.3 Å². The van der Waals surface area contributed by atoms with Gasteiger partial charge in [0, 0.05) is 18.6 Å². The van der Waals surface area contributed by atoms with Gasteiger partial charge in [-0.1, -0.05) is 13.8 Å². The molecule has 100 valence electrons. The van der Waals surface area contributed by atoms with Crippen molar-refractivity contribution in [3.63, 3.8) is 0 Å². The fourth-order valence-corrected chi connectivity index (χ4v) is 3.53. The van der Waals surface area contributed by atoms with Crippen molar-refractivity contribution in [3.05, 3.63) is 0 Å². The minimum absolute atomic E-state index is 0.768. The van der Waals surface area contributed by atoms with Crippen LogP contribution < -0.4 is 5.32 Å². The van der Waals surface area contributed by atoms with Crippen molar-refractivity contribution in [2.24, 2.45) is 11.8 Å². The molecule has 0 bridgehead atoms. The van der Waals surface area contributed by atoms with Gasteiger partial charge in [-0.3, -0.25) is 0 Å². The van der Waals surface area contributed by atoms with E-state index in [0.29, 0.717) is 0 Å². The molecule has 0 aromatic carbocycles. The lowest BCUT2D eigenvalue weighted by atomic mass is 9.78. The predicted octanol–water partition coefficient (Wildman–Crippen LogP) is 2.89. The monoisotopic (exact) mass is 238 g/mol. The SMILES string of the molecule is CCCN(CC1CC(C)CCC1NC)C1CC1. The smallest absolute Gasteiger partial charge is 0.0105 e. The van der Waals surface area contributed by atoms with Crippen molar-refractivity contribution in [3.8, 4) is 0 Å². The maximum Gasteiger partial charge on any atom is 0.0105 e. The number of nitrogens with zero attached hydrogens (tertiary/aromatic N) is 1. The molecule has 17 heavy (non-hydrogen) atoms. The maximum atomic E-state index is 3.55. The second-order valence-electron chi connectivity index (χ2n) is 6.30. The highest BCUT2D eigenvalue weighted by Gasteiger charge is 2.34. The van der Waals surface area contributed by atoms with E-state index in [1.54, 1.807) is 0 Å². The highest BCUT2D eigenvalue weighted by atomic mass is 15.2. The Balaban J connectivity index is 1.88. The van der Waals surface area contributed by atoms with Gasteiger partial charge in [0.05, 0.1) is 0 Å². The van der Waals surface area contributed by atoms with Gasteiger partial charge in [0.15, 0.2) is 0 Å². The van der Waals surface area contributed by atoms with Gasteiger partial charge in [-0.2, -0.15) is 0 Å². The molecule has 1 N–H and O–H groups in total. The van der Waals surface area contributed by atoms with Gasteiger partial charge in [0.25, 0.3) is 0 Å². The van der Waals surface area contributed by atoms with E-state index in [2.05, 4.69) is 31.1 Å². The molecule has 0 heterocycles. The minimum Gasteiger partial charge on any atom is -0.317 e. The Kier molecular flexibility index (Phi) is 4.87. The predicted molar refractivity (Wildman–Crippen MR) is 74.2 cm³/mol. The second-order valence-corrected chi connectivity index (χ2v) is 6.30. The van der Waals surface area contributed by atoms with E-state index in [4.69, 9.17) is 0 Å². The second kappa shape index (κ2) is 6.19. The lowest BCUT2D eigenvalue weighted by molar-refractivity contribution is 0.143. The van der Waals surface area contributed by atoms with Crippen LogP contribution in [0.3, 0.4) is 0 Å². The zero-order valence-electron chi connectivity index (χ0n) is 11.9. The molecular weight excluding hydrogens is 208 g/mol. The average molecular weight is 238 g/mol. The van der Waals surface area contributed by atoms with Crippen LogP contribution in [0.5, 0.6) is 0 Å². The molecule has 0 spiro atoms. The molecule has 2 fully saturated rings. The summed E-state index contributed by atoms with van der Waals surface area (Å²) in [6, 6.07) is 1.70. The van der Waals surface area contributed by atoms with E-state index in [1.807, 2.05) is 0 Å². The Labute approximate surface area is 107 Å². The number of hydrogen-bond acceptors (Lipinski definition) is 2. The fourth-order valence-electron chi connectivity index (χ4n) is 3.53. The summed E-state index contributed by atoms with van der Waals surface area (Å²) < 4.78 is 0. The van der Waals surface area contributed by atoms with Crippen molar-refractivity contribution in [2.45, 2.75) is 64.5 Å². The van der Waals surface area contributed by atoms with Gasteiger partial charge in [-0.25, -0.2) is 0 Å². The molecule has 0 saturated heterocycles. The molecule has 3 unspecified atom stereocenters. The van der Waals surface area contributed by atoms with Gasteiger partial charge < -0.3 is 10.2 Å². The Bertz CT molecular complexity index is 225. The summed E-state index contributed by atoms with van der Waals surface area (Å²) in [5.41, 5.74) is 0. The average Bonchev–Trinajstić information content (AvgIpc) is 3.13. The summed E-state index contributed by atoms with van der Waals surface area (Å²) in [4.78, 5) is 2.77. The number of rotatable bonds is 6. The third kappa shape index (κ3) is 3.69. The molecule has 2 aliphatic carbocycles. The first-order valence-corrected chi connectivity index (χ1v) is 7.65. The molecule has 2 rings (SSSR count). The fraction of sp³-hybridized carbons (Fsp3) is 1.00. The maximum absolute atomic E-state index is 3.55. The van der Waals surface area contributed by atoms with Crippen molar-refractivity contribution < 1.29 is 0 Å². The van der Waals surface area contributed by atoms with E-state index in [-0.39, 0.29) is 0 Å². The molecule has 0 aliphatic heterocycles. The highest BCUT2D eigenvalue weighted by molar-refractivity contribution is 4.90. The van der Waals surface area contributed by atoms with Crippen molar-refractivity contribution in [1.29, 1.82) is 0 Å². The Morgan fingerprint density at radius 3 is 2.53 bits per heavy atom. The summed E-state index contributed by atoms with van der Waals surface area (Å²) >= 11 is 0. The van der Waals surface area contributed by atoms with Crippen LogP contribution in [0, 0.1) is 11.8 Å². The first-order valence-electron chi connectivity index (χ1n) is 7.65. The zero-order valence-corrected chi connectivity index (χ0v) is 11.9. The summed E-state index contributed by atoms with van der Waals surface area (Å²) in [7, 11) is 2.15. The number of hydrogen-bond donors (Lipinski definition) is 1. The van der Waals surface area contributed by atoms with Gasteiger partial charge >= 0.3 is 0 Å². The van der Waals surface area contributed by atoms with Gasteiger partial charge in [-0.05, 0) is 64.0 Å². The third-order valence-electron chi connectivity index (χ3n) is 4.66. The van der Waals surface area contributed by atoms with E-state index in [0.717, 1.165) is 23.9 Å². The van der Waals surface area contributed by atoms with E-state index >= 15 is 0 Å². The molecule has 0 amide bonds. The van der Waals surface area contributed by atoms with Crippen molar-refractivity contribution >= 4 is 0 Å². The number of nitrogens with one attached hydrogen (secondary N) is 1. The quantitative estimate of drug-likeness (QED) is 0.765. The first-order chi connectivity index (χ1) is 8.24. The van der Waals surface area contributed by atoms with Crippen LogP contribution in [0.15, 0.2) is 0 Å². The molecule has 2 aliphatic rings. The molecule has 0 radical (unpaired) electrons. The standard InChI is InChI=1S/C15H30N2/c1-4-9-17(14-6-7-14)11-13-10-12(2)5-8-15(13)16-3/h12-16H,4-11H2,1-3H3. The third-order valence-corrected chi connectivity index (χ3v) is 4.66. The Morgan fingerprint density at radius 1 is 1.18 bits per heavy atom. The van der Waals surface area contributed by atoms with Crippen LogP contribution in [0.1, 0.15) is 52.4 Å². The van der Waals surface area contributed by atoms with E-state index in [1.165, 1.54) is 51.6 Å². The summed E-state index contributed by atoms with van der Waals surface area (Å²) in [5.74, 6) is 1.82. The summed E-state index contributed by atoms with van der Waals surface area (Å²) in [5, 5.41) is 3.55. The Hall–Kier alpha value is -0.0800. The largest absolute Gasteiger partial charge is 0.317 e. The molecule has 2 saturated carbocycles. The minimum atomic E-state index is 0.768. The van der Waals surface area contributed by atoms with E-state index in [9.17, 15) is 0 Å². The molecule has 0 aromatic heterocycles. The summed E-state index contributed by atoms with van der Waals surface area (Å²) in [6.45, 7) is 7.40. The Morgan fingerprint density at radius 2 is 1.94 bits per heavy atom. The highest BCUT2D eigenvalue weighted by Crippen LogP contribution is 2.33. The van der Waals surface area contributed by atoms with Crippen molar-refractivity contribution in [2.75, 3.05) is 20.1 Å². The van der Waals surface area contributed by atoms with Crippen LogP contribution in [0.4, 0.5) is 0 Å². The normalized spacial score (nSPS) is 34.2. The molecule has 2 nitrogen and oxygen atoms in total. The van der Waals surface area contributed by atoms with Gasteiger partial charge in [0.1, 0.15) is 0 Å². The van der Waals surface area contributed by atoms with Crippen LogP contribution >= 0.6 is 0 Å². The van der Waals surface area contributed by atoms with Gasteiger partial charge in [0.2, 0.25) is 0 Å². The van der Waals surface area contributed by atoms with Crippen LogP contribution in [-0.4, -0.2) is 37.1 Å². The van der Waals surface area contributed by atoms with Crippen LogP contribution in [0.25, 0.3) is 0 Å². The molecule has 3 atom stereocenters. The molecule has 0 aromatic rings. The van der Waals surface area contributed by atoms with Crippen LogP contribution in [0.2, 0.25) is 0 Å². The lowest BCUT2D eigenvalue weighted by Crippen LogP contribution is -2.45. The van der Waals surface area contributed by atoms with Gasteiger partial charge in [-0.15, -0.1) is 0 Å². The molecule has 2 heteroatoms. The zero-order chi connectivity index (χ0) is 12.3. The summed E-state index contributed by atoms with van der Waals surface area (Å²) in [6.07, 6.45) is 8.44. The lowest BCUT2D eigenvalue weighted by Gasteiger charge is -2.38.